The van der Waals surface area contributed by atoms with Crippen molar-refractivity contribution in [1.82, 2.24) is 15.4 Å². The molecule has 2 aliphatic rings. The van der Waals surface area contributed by atoms with Gasteiger partial charge in [0.1, 0.15) is 34.5 Å². The molecule has 3 unspecified atom stereocenters. The fourth-order valence-electron chi connectivity index (χ4n) is 3.79. The molecule has 2 aromatic rings. The Morgan fingerprint density at radius 2 is 1.97 bits per heavy atom. The van der Waals surface area contributed by atoms with E-state index >= 15 is 0 Å². The van der Waals surface area contributed by atoms with Gasteiger partial charge in [0.25, 0.3) is 5.91 Å². The largest absolute Gasteiger partial charge is 0.480 e. The van der Waals surface area contributed by atoms with Gasteiger partial charge in [0, 0.05) is 41.3 Å². The van der Waals surface area contributed by atoms with E-state index in [1.165, 1.54) is 16.7 Å². The van der Waals surface area contributed by atoms with Crippen molar-refractivity contribution in [3.8, 4) is 11.3 Å². The standard InChI is InChI=1S/C19H19N3O5S.Na.H2/c1-9-11(12(21-27-9)10-7-5-4-6-8-10)15(23)20-13-16(24)22-14(18(25)26)19(2,3)28-17(13)22;;/h4-8,13-14,17H,1-3H3,(H,20,23)(H,25,26);;1H. The van der Waals surface area contributed by atoms with Crippen molar-refractivity contribution >= 4 is 59.1 Å². The zero-order chi connectivity index (χ0) is 20.2. The number of carbonyl (C=O) groups is 3. The van der Waals surface area contributed by atoms with Crippen LogP contribution in [0, 0.1) is 6.92 Å². The van der Waals surface area contributed by atoms with Gasteiger partial charge in [-0.25, -0.2) is 4.79 Å². The van der Waals surface area contributed by atoms with E-state index in [2.05, 4.69) is 10.5 Å². The molecule has 1 aromatic carbocycles. The fourth-order valence-corrected chi connectivity index (χ4v) is 5.42. The molecular weight excluding hydrogens is 405 g/mol. The first-order valence-electron chi connectivity index (χ1n) is 8.77. The van der Waals surface area contributed by atoms with Crippen molar-refractivity contribution in [2.45, 2.75) is 43.0 Å². The molecule has 149 valence electrons. The molecule has 2 saturated heterocycles. The molecule has 3 heterocycles. The summed E-state index contributed by atoms with van der Waals surface area (Å²) in [6.45, 7) is 5.22. The van der Waals surface area contributed by atoms with Crippen LogP contribution in [0.4, 0.5) is 0 Å². The Balaban J connectivity index is 0.00000160. The van der Waals surface area contributed by atoms with E-state index in [-0.39, 0.29) is 42.5 Å². The number of hydrogen-bond acceptors (Lipinski definition) is 6. The van der Waals surface area contributed by atoms with Crippen LogP contribution < -0.4 is 5.32 Å². The third-order valence-electron chi connectivity index (χ3n) is 5.10. The molecule has 4 rings (SSSR count). The van der Waals surface area contributed by atoms with E-state index in [1.807, 2.05) is 30.3 Å². The molecule has 8 nitrogen and oxygen atoms in total. The van der Waals surface area contributed by atoms with Crippen molar-refractivity contribution in [2.75, 3.05) is 0 Å². The average molecular weight is 426 g/mol. The molecule has 3 atom stereocenters. The predicted octanol–water partition coefficient (Wildman–Crippen LogP) is 1.76. The van der Waals surface area contributed by atoms with Crippen molar-refractivity contribution in [3.05, 3.63) is 41.7 Å². The molecule has 2 aliphatic heterocycles. The smallest absolute Gasteiger partial charge is 0.327 e. The number of aromatic nitrogens is 1. The summed E-state index contributed by atoms with van der Waals surface area (Å²) < 4.78 is 4.57. The van der Waals surface area contributed by atoms with E-state index < -0.39 is 34.1 Å². The molecule has 10 heteroatoms. The summed E-state index contributed by atoms with van der Waals surface area (Å²) in [6.07, 6.45) is 0. The van der Waals surface area contributed by atoms with Crippen LogP contribution in [0.25, 0.3) is 11.3 Å². The third-order valence-corrected chi connectivity index (χ3v) is 6.67. The molecule has 1 radical (unpaired) electrons. The number of aryl methyl sites for hydroxylation is 1. The van der Waals surface area contributed by atoms with Crippen molar-refractivity contribution < 1.29 is 25.4 Å². The number of hydrogen-bond donors (Lipinski definition) is 2. The number of carboxylic acid groups (broad SMARTS) is 1. The summed E-state index contributed by atoms with van der Waals surface area (Å²) >= 11 is 1.38. The SMILES string of the molecule is Cc1onc(-c2ccccc2)c1C(=O)NC1C(=O)N2C1SC(C)(C)C2C(=O)O.[HH].[Na]. The van der Waals surface area contributed by atoms with E-state index in [0.29, 0.717) is 11.5 Å². The number of rotatable bonds is 4. The van der Waals surface area contributed by atoms with Gasteiger partial charge in [-0.2, -0.15) is 0 Å². The second-order valence-electron chi connectivity index (χ2n) is 7.38. The Labute approximate surface area is 195 Å². The summed E-state index contributed by atoms with van der Waals surface area (Å²) in [5, 5.41) is 15.8. The van der Waals surface area contributed by atoms with Gasteiger partial charge in [-0.05, 0) is 20.8 Å². The van der Waals surface area contributed by atoms with Crippen LogP contribution in [-0.2, 0) is 9.59 Å². The number of carboxylic acids is 1. The van der Waals surface area contributed by atoms with Gasteiger partial charge in [0.2, 0.25) is 5.91 Å². The molecule has 0 saturated carbocycles. The zero-order valence-corrected chi connectivity index (χ0v) is 19.3. The topological polar surface area (TPSA) is 113 Å². The van der Waals surface area contributed by atoms with Gasteiger partial charge in [0.05, 0.1) is 0 Å². The normalized spacial score (nSPS) is 24.3. The second kappa shape index (κ2) is 7.79. The third kappa shape index (κ3) is 3.50. The molecular formula is C19H21N3NaO5S. The van der Waals surface area contributed by atoms with Crippen LogP contribution in [0.5, 0.6) is 0 Å². The summed E-state index contributed by atoms with van der Waals surface area (Å²) in [7, 11) is 0. The van der Waals surface area contributed by atoms with Crippen LogP contribution in [0.2, 0.25) is 0 Å². The monoisotopic (exact) mass is 426 g/mol. The molecule has 2 fully saturated rings. The maximum atomic E-state index is 12.9. The summed E-state index contributed by atoms with van der Waals surface area (Å²) in [6, 6.07) is 7.46. The first-order valence-corrected chi connectivity index (χ1v) is 9.65. The minimum absolute atomic E-state index is 0. The molecule has 0 spiro atoms. The minimum Gasteiger partial charge on any atom is -0.480 e. The average Bonchev–Trinajstić information content (AvgIpc) is 3.15. The number of β-lactam (4-membered cyclic amide) rings is 1. The molecule has 2 amide bonds. The first-order chi connectivity index (χ1) is 13.2. The number of nitrogens with one attached hydrogen (secondary N) is 1. The van der Waals surface area contributed by atoms with Crippen LogP contribution in [-0.4, -0.2) is 84.7 Å². The fraction of sp³-hybridized carbons (Fsp3) is 0.368. The Morgan fingerprint density at radius 3 is 2.59 bits per heavy atom. The van der Waals surface area contributed by atoms with Crippen LogP contribution in [0.3, 0.4) is 0 Å². The van der Waals surface area contributed by atoms with Crippen molar-refractivity contribution in [2.24, 2.45) is 0 Å². The Bertz CT molecular complexity index is 984. The number of aliphatic carboxylic acids is 1. The van der Waals surface area contributed by atoms with Gasteiger partial charge in [0.15, 0.2) is 0 Å². The van der Waals surface area contributed by atoms with Crippen molar-refractivity contribution in [3.63, 3.8) is 0 Å². The van der Waals surface area contributed by atoms with Crippen LogP contribution >= 0.6 is 11.8 Å². The minimum atomic E-state index is -1.04. The number of thioether (sulfide) groups is 1. The zero-order valence-electron chi connectivity index (χ0n) is 16.5. The van der Waals surface area contributed by atoms with E-state index in [1.54, 1.807) is 20.8 Å². The maximum absolute atomic E-state index is 12.9. The molecule has 0 bridgehead atoms. The van der Waals surface area contributed by atoms with Gasteiger partial charge in [-0.15, -0.1) is 11.8 Å². The number of carbonyl (C=O) groups excluding carboxylic acids is 2. The van der Waals surface area contributed by atoms with E-state index in [0.717, 1.165) is 5.56 Å². The van der Waals surface area contributed by atoms with Gasteiger partial charge in [-0.1, -0.05) is 35.5 Å². The second-order valence-corrected chi connectivity index (χ2v) is 9.15. The number of amides is 2. The number of nitrogens with zero attached hydrogens (tertiary/aromatic N) is 2. The number of benzene rings is 1. The Morgan fingerprint density at radius 1 is 1.31 bits per heavy atom. The molecule has 2 N–H and O–H groups in total. The maximum Gasteiger partial charge on any atom is 0.327 e. The van der Waals surface area contributed by atoms with Crippen LogP contribution in [0.1, 0.15) is 31.4 Å². The molecule has 1 aromatic heterocycles. The summed E-state index contributed by atoms with van der Waals surface area (Å²) in [4.78, 5) is 38.5. The molecule has 0 aliphatic carbocycles. The number of fused-ring (bicyclic) bond motifs is 1. The summed E-state index contributed by atoms with van der Waals surface area (Å²) in [5.74, 6) is -1.55. The Hall–Kier alpha value is -1.81. The van der Waals surface area contributed by atoms with Gasteiger partial charge >= 0.3 is 5.97 Å². The Kier molecular flexibility index (Phi) is 5.88. The molecule has 29 heavy (non-hydrogen) atoms. The van der Waals surface area contributed by atoms with Crippen LogP contribution in [0.15, 0.2) is 34.9 Å². The quantitative estimate of drug-likeness (QED) is 0.566. The summed E-state index contributed by atoms with van der Waals surface area (Å²) in [5.41, 5.74) is 1.41. The van der Waals surface area contributed by atoms with E-state index in [4.69, 9.17) is 4.52 Å². The predicted molar refractivity (Wildman–Crippen MR) is 110 cm³/mol. The van der Waals surface area contributed by atoms with Crippen molar-refractivity contribution in [1.29, 1.82) is 0 Å². The van der Waals surface area contributed by atoms with E-state index in [9.17, 15) is 19.5 Å². The van der Waals surface area contributed by atoms with Gasteiger partial charge in [-0.3, -0.25) is 9.59 Å². The van der Waals surface area contributed by atoms with Gasteiger partial charge < -0.3 is 19.8 Å². The first kappa shape index (κ1) is 21.9.